The summed E-state index contributed by atoms with van der Waals surface area (Å²) in [6, 6.07) is 34.2. The first-order valence-electron chi connectivity index (χ1n) is 8.72. The van der Waals surface area contributed by atoms with Crippen LogP contribution in [0.25, 0.3) is 31.3 Å². The highest BCUT2D eigenvalue weighted by molar-refractivity contribution is 7.25. The van der Waals surface area contributed by atoms with Gasteiger partial charge in [0.25, 0.3) is 0 Å². The monoisotopic (exact) mass is 351 g/mol. The molecule has 0 radical (unpaired) electrons. The second-order valence-electron chi connectivity index (χ2n) is 6.31. The number of thiophene rings is 1. The largest absolute Gasteiger partial charge is 0.354 e. The van der Waals surface area contributed by atoms with Crippen molar-refractivity contribution in [2.75, 3.05) is 5.32 Å². The van der Waals surface area contributed by atoms with Crippen molar-refractivity contribution in [3.8, 4) is 11.1 Å². The van der Waals surface area contributed by atoms with Gasteiger partial charge in [-0.25, -0.2) is 0 Å². The van der Waals surface area contributed by atoms with Gasteiger partial charge in [-0.1, -0.05) is 72.8 Å². The zero-order valence-electron chi connectivity index (χ0n) is 14.1. The van der Waals surface area contributed by atoms with Crippen LogP contribution in [0.1, 0.15) is 0 Å². The maximum Gasteiger partial charge on any atom is 0.0478 e. The first-order valence-corrected chi connectivity index (χ1v) is 9.53. The summed E-state index contributed by atoms with van der Waals surface area (Å²) in [5.41, 5.74) is 4.72. The maximum atomic E-state index is 3.70. The Bertz CT molecular complexity index is 1200. The summed E-state index contributed by atoms with van der Waals surface area (Å²) in [5.74, 6) is 0. The normalized spacial score (nSPS) is 11.1. The third-order valence-corrected chi connectivity index (χ3v) is 5.82. The van der Waals surface area contributed by atoms with Crippen LogP contribution in [0, 0.1) is 0 Å². The first-order chi connectivity index (χ1) is 12.9. The van der Waals surface area contributed by atoms with Gasteiger partial charge in [-0.2, -0.15) is 0 Å². The standard InChI is InChI=1S/C24H17NS/c1-2-9-17(10-3-1)18-11-4-6-13-20(18)25-21-14-8-16-23-24(21)19-12-5-7-15-22(19)26-23/h1-16,25H. The van der Waals surface area contributed by atoms with Crippen LogP contribution < -0.4 is 5.32 Å². The van der Waals surface area contributed by atoms with Crippen LogP contribution in [-0.2, 0) is 0 Å². The summed E-state index contributed by atoms with van der Waals surface area (Å²) < 4.78 is 2.64. The molecule has 26 heavy (non-hydrogen) atoms. The van der Waals surface area contributed by atoms with Gasteiger partial charge in [-0.15, -0.1) is 11.3 Å². The van der Waals surface area contributed by atoms with E-state index in [0.717, 1.165) is 11.4 Å². The van der Waals surface area contributed by atoms with E-state index in [1.54, 1.807) is 0 Å². The Hall–Kier alpha value is -3.10. The highest BCUT2D eigenvalue weighted by Crippen LogP contribution is 2.40. The van der Waals surface area contributed by atoms with Crippen molar-refractivity contribution in [3.63, 3.8) is 0 Å². The van der Waals surface area contributed by atoms with Crippen LogP contribution >= 0.6 is 11.3 Å². The third kappa shape index (κ3) is 2.56. The highest BCUT2D eigenvalue weighted by atomic mass is 32.1. The Morgan fingerprint density at radius 2 is 1.23 bits per heavy atom. The van der Waals surface area contributed by atoms with Crippen molar-refractivity contribution >= 4 is 42.9 Å². The molecule has 0 saturated heterocycles. The molecular formula is C24H17NS. The number of para-hydroxylation sites is 1. The van der Waals surface area contributed by atoms with E-state index in [4.69, 9.17) is 0 Å². The summed E-state index contributed by atoms with van der Waals surface area (Å²) in [7, 11) is 0. The second-order valence-corrected chi connectivity index (χ2v) is 7.40. The van der Waals surface area contributed by atoms with E-state index >= 15 is 0 Å². The van der Waals surface area contributed by atoms with Gasteiger partial charge in [0.2, 0.25) is 0 Å². The van der Waals surface area contributed by atoms with Gasteiger partial charge in [0.15, 0.2) is 0 Å². The van der Waals surface area contributed by atoms with Crippen molar-refractivity contribution in [1.82, 2.24) is 0 Å². The smallest absolute Gasteiger partial charge is 0.0478 e. The van der Waals surface area contributed by atoms with Crippen LogP contribution in [0.15, 0.2) is 97.1 Å². The molecule has 0 unspecified atom stereocenters. The van der Waals surface area contributed by atoms with Gasteiger partial charge in [-0.05, 0) is 29.8 Å². The van der Waals surface area contributed by atoms with Gasteiger partial charge in [0.1, 0.15) is 0 Å². The summed E-state index contributed by atoms with van der Waals surface area (Å²) in [6.07, 6.45) is 0. The second kappa shape index (κ2) is 6.32. The maximum absolute atomic E-state index is 3.70. The topological polar surface area (TPSA) is 12.0 Å². The Labute approximate surface area is 156 Å². The molecule has 0 amide bonds. The van der Waals surface area contributed by atoms with E-state index in [-0.39, 0.29) is 0 Å². The minimum Gasteiger partial charge on any atom is -0.354 e. The van der Waals surface area contributed by atoms with Crippen LogP contribution in [0.5, 0.6) is 0 Å². The lowest BCUT2D eigenvalue weighted by Crippen LogP contribution is -1.93. The summed E-state index contributed by atoms with van der Waals surface area (Å²) in [4.78, 5) is 0. The Balaban J connectivity index is 1.68. The number of fused-ring (bicyclic) bond motifs is 3. The first kappa shape index (κ1) is 15.2. The van der Waals surface area contributed by atoms with E-state index in [2.05, 4.69) is 102 Å². The van der Waals surface area contributed by atoms with Crippen molar-refractivity contribution in [2.24, 2.45) is 0 Å². The summed E-state index contributed by atoms with van der Waals surface area (Å²) >= 11 is 1.85. The van der Waals surface area contributed by atoms with Crippen molar-refractivity contribution in [3.05, 3.63) is 97.1 Å². The molecule has 1 heterocycles. The molecule has 0 fully saturated rings. The van der Waals surface area contributed by atoms with Crippen LogP contribution in [0.4, 0.5) is 11.4 Å². The molecular weight excluding hydrogens is 334 g/mol. The summed E-state index contributed by atoms with van der Waals surface area (Å²) in [6.45, 7) is 0. The number of benzene rings is 4. The molecule has 1 N–H and O–H groups in total. The SMILES string of the molecule is c1ccc(-c2ccccc2Nc2cccc3sc4ccccc4c23)cc1. The van der Waals surface area contributed by atoms with E-state index in [9.17, 15) is 0 Å². The Kier molecular flexibility index (Phi) is 3.69. The van der Waals surface area contributed by atoms with E-state index in [1.165, 1.54) is 31.3 Å². The molecule has 1 aromatic heterocycles. The number of hydrogen-bond donors (Lipinski definition) is 1. The van der Waals surface area contributed by atoms with Crippen molar-refractivity contribution < 1.29 is 0 Å². The molecule has 124 valence electrons. The zero-order chi connectivity index (χ0) is 17.3. The molecule has 0 atom stereocenters. The fraction of sp³-hybridized carbons (Fsp3) is 0. The van der Waals surface area contributed by atoms with Crippen LogP contribution in [0.2, 0.25) is 0 Å². The quantitative estimate of drug-likeness (QED) is 0.355. The lowest BCUT2D eigenvalue weighted by molar-refractivity contribution is 1.56. The van der Waals surface area contributed by atoms with Crippen molar-refractivity contribution in [2.45, 2.75) is 0 Å². The predicted octanol–water partition coefficient (Wildman–Crippen LogP) is 7.47. The van der Waals surface area contributed by atoms with Crippen LogP contribution in [-0.4, -0.2) is 0 Å². The van der Waals surface area contributed by atoms with Crippen molar-refractivity contribution in [1.29, 1.82) is 0 Å². The van der Waals surface area contributed by atoms with E-state index in [0.29, 0.717) is 0 Å². The highest BCUT2D eigenvalue weighted by Gasteiger charge is 2.11. The third-order valence-electron chi connectivity index (χ3n) is 4.68. The molecule has 0 aliphatic heterocycles. The van der Waals surface area contributed by atoms with E-state index < -0.39 is 0 Å². The number of rotatable bonds is 3. The number of anilines is 2. The molecule has 2 heteroatoms. The molecule has 4 aromatic carbocycles. The minimum atomic E-state index is 1.13. The van der Waals surface area contributed by atoms with Gasteiger partial charge in [0, 0.05) is 37.1 Å². The average molecular weight is 351 g/mol. The zero-order valence-corrected chi connectivity index (χ0v) is 15.0. The number of hydrogen-bond acceptors (Lipinski definition) is 2. The van der Waals surface area contributed by atoms with Gasteiger partial charge >= 0.3 is 0 Å². The molecule has 0 bridgehead atoms. The van der Waals surface area contributed by atoms with Gasteiger partial charge in [0.05, 0.1) is 0 Å². The van der Waals surface area contributed by atoms with Gasteiger partial charge in [-0.3, -0.25) is 0 Å². The molecule has 0 aliphatic rings. The lowest BCUT2D eigenvalue weighted by Gasteiger charge is -2.13. The molecule has 5 aromatic rings. The molecule has 1 nitrogen and oxygen atoms in total. The Morgan fingerprint density at radius 1 is 0.538 bits per heavy atom. The minimum absolute atomic E-state index is 1.13. The fourth-order valence-electron chi connectivity index (χ4n) is 3.49. The summed E-state index contributed by atoms with van der Waals surface area (Å²) in [5, 5.41) is 6.31. The number of nitrogens with one attached hydrogen (secondary N) is 1. The fourth-order valence-corrected chi connectivity index (χ4v) is 4.62. The van der Waals surface area contributed by atoms with E-state index in [1.807, 2.05) is 11.3 Å². The van der Waals surface area contributed by atoms with Gasteiger partial charge < -0.3 is 5.32 Å². The predicted molar refractivity (Wildman–Crippen MR) is 114 cm³/mol. The molecule has 5 rings (SSSR count). The average Bonchev–Trinajstić information content (AvgIpc) is 3.09. The lowest BCUT2D eigenvalue weighted by atomic mass is 10.0. The van der Waals surface area contributed by atoms with Crippen LogP contribution in [0.3, 0.4) is 0 Å². The Morgan fingerprint density at radius 3 is 2.15 bits per heavy atom. The molecule has 0 aliphatic carbocycles. The molecule has 0 saturated carbocycles. The molecule has 0 spiro atoms.